The van der Waals surface area contributed by atoms with Crippen LogP contribution in [0.1, 0.15) is 5.56 Å². The number of phenols is 1. The zero-order valence-corrected chi connectivity index (χ0v) is 13.3. The Bertz CT molecular complexity index is 804. The number of aromatic nitrogens is 2. The van der Waals surface area contributed by atoms with Crippen LogP contribution in [0.25, 0.3) is 0 Å². The third-order valence-electron chi connectivity index (χ3n) is 3.14. The molecular formula is C17H16N4OS. The Morgan fingerprint density at radius 1 is 1.04 bits per heavy atom. The lowest BCUT2D eigenvalue weighted by Crippen LogP contribution is -1.99. The summed E-state index contributed by atoms with van der Waals surface area (Å²) in [5.74, 6) is 0.735. The second kappa shape index (κ2) is 6.58. The maximum absolute atomic E-state index is 9.32. The minimum Gasteiger partial charge on any atom is -0.508 e. The molecule has 116 valence electrons. The van der Waals surface area contributed by atoms with Crippen LogP contribution in [0.2, 0.25) is 0 Å². The molecule has 0 aliphatic heterocycles. The van der Waals surface area contributed by atoms with Gasteiger partial charge in [0.25, 0.3) is 0 Å². The first kappa shape index (κ1) is 15.2. The van der Waals surface area contributed by atoms with Crippen LogP contribution in [0, 0.1) is 6.92 Å². The number of hydrogen-bond acceptors (Lipinski definition) is 6. The molecule has 0 radical (unpaired) electrons. The molecule has 6 heteroatoms. The van der Waals surface area contributed by atoms with E-state index in [2.05, 4.69) is 15.3 Å². The standard InChI is InChI=1S/C17H16N4OS/c1-11-10-19-17(20-13-4-6-14(22)7-5-13)21-16(11)23-15-8-2-12(18)3-9-15/h2-10,22H,18H2,1H3,(H,19,20,21). The quantitative estimate of drug-likeness (QED) is 0.382. The number of phenolic OH excluding ortho intramolecular Hbond substituents is 1. The van der Waals surface area contributed by atoms with Crippen molar-refractivity contribution in [2.45, 2.75) is 16.8 Å². The van der Waals surface area contributed by atoms with Crippen LogP contribution in [-0.2, 0) is 0 Å². The fourth-order valence-corrected chi connectivity index (χ4v) is 2.75. The zero-order valence-electron chi connectivity index (χ0n) is 12.5. The van der Waals surface area contributed by atoms with Gasteiger partial charge < -0.3 is 16.2 Å². The van der Waals surface area contributed by atoms with Crippen LogP contribution < -0.4 is 11.1 Å². The molecule has 3 aromatic rings. The van der Waals surface area contributed by atoms with Crippen LogP contribution in [-0.4, -0.2) is 15.1 Å². The number of aryl methyl sites for hydroxylation is 1. The van der Waals surface area contributed by atoms with Gasteiger partial charge in [-0.1, -0.05) is 11.8 Å². The zero-order chi connectivity index (χ0) is 16.2. The number of nitrogens with zero attached hydrogens (tertiary/aromatic N) is 2. The number of aromatic hydroxyl groups is 1. The van der Waals surface area contributed by atoms with Gasteiger partial charge in [0.15, 0.2) is 0 Å². The third kappa shape index (κ3) is 3.92. The first-order valence-corrected chi connectivity index (χ1v) is 7.85. The van der Waals surface area contributed by atoms with Crippen molar-refractivity contribution in [3.63, 3.8) is 0 Å². The van der Waals surface area contributed by atoms with Gasteiger partial charge in [-0.3, -0.25) is 0 Å². The van der Waals surface area contributed by atoms with Crippen molar-refractivity contribution in [1.29, 1.82) is 0 Å². The number of hydrogen-bond donors (Lipinski definition) is 3. The molecule has 5 nitrogen and oxygen atoms in total. The Hall–Kier alpha value is -2.73. The highest BCUT2D eigenvalue weighted by Crippen LogP contribution is 2.30. The predicted molar refractivity (Wildman–Crippen MR) is 93.1 cm³/mol. The van der Waals surface area contributed by atoms with Gasteiger partial charge in [0.1, 0.15) is 10.8 Å². The first-order valence-electron chi connectivity index (χ1n) is 7.03. The first-order chi connectivity index (χ1) is 11.1. The summed E-state index contributed by atoms with van der Waals surface area (Å²) >= 11 is 1.56. The number of rotatable bonds is 4. The molecule has 4 N–H and O–H groups in total. The van der Waals surface area contributed by atoms with Crippen molar-refractivity contribution in [2.75, 3.05) is 11.1 Å². The number of nitrogens with two attached hydrogens (primary N) is 1. The van der Waals surface area contributed by atoms with Crippen molar-refractivity contribution < 1.29 is 5.11 Å². The fourth-order valence-electron chi connectivity index (χ4n) is 1.91. The Balaban J connectivity index is 1.81. The van der Waals surface area contributed by atoms with E-state index in [0.29, 0.717) is 5.95 Å². The summed E-state index contributed by atoms with van der Waals surface area (Å²) in [7, 11) is 0. The highest BCUT2D eigenvalue weighted by molar-refractivity contribution is 7.99. The van der Waals surface area contributed by atoms with Gasteiger partial charge in [-0.2, -0.15) is 0 Å². The van der Waals surface area contributed by atoms with Crippen molar-refractivity contribution in [3.05, 3.63) is 60.3 Å². The van der Waals surface area contributed by atoms with Gasteiger partial charge in [-0.05, 0) is 55.5 Å². The number of nitrogens with one attached hydrogen (secondary N) is 1. The molecule has 2 aromatic carbocycles. The Morgan fingerprint density at radius 3 is 2.43 bits per heavy atom. The molecule has 0 spiro atoms. The number of nitrogen functional groups attached to an aromatic ring is 1. The van der Waals surface area contributed by atoms with Crippen LogP contribution in [0.15, 0.2) is 64.6 Å². The average Bonchev–Trinajstić information content (AvgIpc) is 2.55. The van der Waals surface area contributed by atoms with Crippen molar-refractivity contribution >= 4 is 29.1 Å². The van der Waals surface area contributed by atoms with Crippen LogP contribution in [0.5, 0.6) is 5.75 Å². The molecule has 3 rings (SSSR count). The van der Waals surface area contributed by atoms with Gasteiger partial charge in [0.2, 0.25) is 5.95 Å². The van der Waals surface area contributed by atoms with Gasteiger partial charge in [-0.15, -0.1) is 0 Å². The van der Waals surface area contributed by atoms with E-state index < -0.39 is 0 Å². The summed E-state index contributed by atoms with van der Waals surface area (Å²) in [6.07, 6.45) is 1.79. The van der Waals surface area contributed by atoms with E-state index in [1.54, 1.807) is 42.2 Å². The summed E-state index contributed by atoms with van der Waals surface area (Å²) in [5.41, 5.74) is 8.26. The molecule has 0 fully saturated rings. The van der Waals surface area contributed by atoms with E-state index in [-0.39, 0.29) is 5.75 Å². The smallest absolute Gasteiger partial charge is 0.228 e. The second-order valence-corrected chi connectivity index (χ2v) is 6.09. The van der Waals surface area contributed by atoms with E-state index in [9.17, 15) is 5.11 Å². The molecule has 0 unspecified atom stereocenters. The normalized spacial score (nSPS) is 10.5. The molecule has 0 amide bonds. The van der Waals surface area contributed by atoms with Gasteiger partial charge in [0.05, 0.1) is 0 Å². The van der Waals surface area contributed by atoms with Crippen LogP contribution >= 0.6 is 11.8 Å². The van der Waals surface area contributed by atoms with E-state index in [0.717, 1.165) is 26.9 Å². The van der Waals surface area contributed by atoms with Crippen molar-refractivity contribution in [3.8, 4) is 5.75 Å². The van der Waals surface area contributed by atoms with Crippen LogP contribution in [0.4, 0.5) is 17.3 Å². The highest BCUT2D eigenvalue weighted by atomic mass is 32.2. The maximum atomic E-state index is 9.32. The lowest BCUT2D eigenvalue weighted by molar-refractivity contribution is 0.475. The summed E-state index contributed by atoms with van der Waals surface area (Å²) in [6, 6.07) is 14.4. The molecule has 0 saturated heterocycles. The largest absolute Gasteiger partial charge is 0.508 e. The summed E-state index contributed by atoms with van der Waals surface area (Å²) in [6.45, 7) is 1.98. The summed E-state index contributed by atoms with van der Waals surface area (Å²) < 4.78 is 0. The number of anilines is 3. The van der Waals surface area contributed by atoms with E-state index in [4.69, 9.17) is 5.73 Å². The third-order valence-corrected chi connectivity index (χ3v) is 4.26. The van der Waals surface area contributed by atoms with E-state index in [1.807, 2.05) is 31.2 Å². The van der Waals surface area contributed by atoms with Gasteiger partial charge in [-0.25, -0.2) is 9.97 Å². The topological polar surface area (TPSA) is 84.1 Å². The Labute approximate surface area is 138 Å². The Morgan fingerprint density at radius 2 is 1.74 bits per heavy atom. The SMILES string of the molecule is Cc1cnc(Nc2ccc(O)cc2)nc1Sc1ccc(N)cc1. The average molecular weight is 324 g/mol. The Kier molecular flexibility index (Phi) is 4.34. The lowest BCUT2D eigenvalue weighted by atomic mass is 10.3. The predicted octanol–water partition coefficient (Wildman–Crippen LogP) is 3.97. The summed E-state index contributed by atoms with van der Waals surface area (Å²) in [4.78, 5) is 9.92. The molecule has 0 aliphatic rings. The van der Waals surface area contributed by atoms with E-state index in [1.165, 1.54) is 0 Å². The molecule has 0 aliphatic carbocycles. The van der Waals surface area contributed by atoms with Crippen molar-refractivity contribution in [1.82, 2.24) is 9.97 Å². The maximum Gasteiger partial charge on any atom is 0.228 e. The molecule has 1 heterocycles. The molecule has 23 heavy (non-hydrogen) atoms. The fraction of sp³-hybridized carbons (Fsp3) is 0.0588. The van der Waals surface area contributed by atoms with Gasteiger partial charge >= 0.3 is 0 Å². The molecular weight excluding hydrogens is 308 g/mol. The molecule has 0 atom stereocenters. The molecule has 1 aromatic heterocycles. The lowest BCUT2D eigenvalue weighted by Gasteiger charge is -2.09. The van der Waals surface area contributed by atoms with Crippen molar-refractivity contribution in [2.24, 2.45) is 0 Å². The minimum atomic E-state index is 0.222. The van der Waals surface area contributed by atoms with Crippen LogP contribution in [0.3, 0.4) is 0 Å². The summed E-state index contributed by atoms with van der Waals surface area (Å²) in [5, 5.41) is 13.3. The van der Waals surface area contributed by atoms with Gasteiger partial charge in [0, 0.05) is 28.0 Å². The highest BCUT2D eigenvalue weighted by Gasteiger charge is 2.07. The number of benzene rings is 2. The van der Waals surface area contributed by atoms with E-state index >= 15 is 0 Å². The molecule has 0 bridgehead atoms. The second-order valence-electron chi connectivity index (χ2n) is 5.02. The monoisotopic (exact) mass is 324 g/mol. The minimum absolute atomic E-state index is 0.222. The molecule has 0 saturated carbocycles.